The van der Waals surface area contributed by atoms with E-state index in [4.69, 9.17) is 23.2 Å². The van der Waals surface area contributed by atoms with Gasteiger partial charge in [0.15, 0.2) is 0 Å². The van der Waals surface area contributed by atoms with Gasteiger partial charge in [-0.15, -0.1) is 0 Å². The molecule has 0 fully saturated rings. The first-order valence-corrected chi connectivity index (χ1v) is 6.74. The molecule has 2 aromatic rings. The van der Waals surface area contributed by atoms with Crippen LogP contribution in [0.4, 0.5) is 4.39 Å². The first-order chi connectivity index (χ1) is 9.06. The van der Waals surface area contributed by atoms with E-state index in [1.807, 2.05) is 31.2 Å². The summed E-state index contributed by atoms with van der Waals surface area (Å²) in [6.07, 6.45) is 0. The van der Waals surface area contributed by atoms with Crippen molar-refractivity contribution >= 4 is 23.2 Å². The SMILES string of the molecule is CC(NCc1cc(Cl)ccc1F)c1ccc(Cl)cc1. The molecule has 1 nitrogen and oxygen atoms in total. The van der Waals surface area contributed by atoms with Crippen molar-refractivity contribution in [1.29, 1.82) is 0 Å². The second-order valence-corrected chi connectivity index (χ2v) is 5.26. The molecule has 0 spiro atoms. The Kier molecular flexibility index (Phi) is 4.81. The van der Waals surface area contributed by atoms with E-state index in [1.165, 1.54) is 6.07 Å². The van der Waals surface area contributed by atoms with Crippen LogP contribution in [0.1, 0.15) is 24.1 Å². The number of halogens is 3. The molecule has 1 N–H and O–H groups in total. The maximum atomic E-state index is 13.6. The summed E-state index contributed by atoms with van der Waals surface area (Å²) in [6, 6.07) is 12.3. The molecule has 1 unspecified atom stereocenters. The highest BCUT2D eigenvalue weighted by Gasteiger charge is 2.07. The highest BCUT2D eigenvalue weighted by Crippen LogP contribution is 2.18. The molecule has 1 atom stereocenters. The molecule has 0 saturated carbocycles. The van der Waals surface area contributed by atoms with Crippen LogP contribution in [0.15, 0.2) is 42.5 Å². The van der Waals surface area contributed by atoms with Crippen molar-refractivity contribution < 1.29 is 4.39 Å². The van der Waals surface area contributed by atoms with Crippen molar-refractivity contribution in [2.24, 2.45) is 0 Å². The Morgan fingerprint density at radius 2 is 1.68 bits per heavy atom. The van der Waals surface area contributed by atoms with Crippen LogP contribution >= 0.6 is 23.2 Å². The third kappa shape index (κ3) is 3.93. The number of rotatable bonds is 4. The van der Waals surface area contributed by atoms with Crippen LogP contribution in [0.3, 0.4) is 0 Å². The predicted molar refractivity (Wildman–Crippen MR) is 78.1 cm³/mol. The second kappa shape index (κ2) is 6.38. The lowest BCUT2D eigenvalue weighted by Crippen LogP contribution is -2.18. The van der Waals surface area contributed by atoms with Crippen molar-refractivity contribution in [2.45, 2.75) is 19.5 Å². The van der Waals surface area contributed by atoms with Crippen molar-refractivity contribution in [1.82, 2.24) is 5.32 Å². The molecular weight excluding hydrogens is 284 g/mol. The zero-order chi connectivity index (χ0) is 13.8. The van der Waals surface area contributed by atoms with Gasteiger partial charge in [-0.3, -0.25) is 0 Å². The molecule has 0 aliphatic heterocycles. The normalized spacial score (nSPS) is 12.4. The van der Waals surface area contributed by atoms with Gasteiger partial charge in [0.2, 0.25) is 0 Å². The van der Waals surface area contributed by atoms with E-state index in [1.54, 1.807) is 12.1 Å². The summed E-state index contributed by atoms with van der Waals surface area (Å²) in [7, 11) is 0. The lowest BCUT2D eigenvalue weighted by Gasteiger charge is -2.15. The van der Waals surface area contributed by atoms with E-state index in [-0.39, 0.29) is 11.9 Å². The summed E-state index contributed by atoms with van der Waals surface area (Å²) in [6.45, 7) is 2.45. The smallest absolute Gasteiger partial charge is 0.127 e. The third-order valence-corrected chi connectivity index (χ3v) is 3.46. The Labute approximate surface area is 122 Å². The fraction of sp³-hybridized carbons (Fsp3) is 0.200. The quantitative estimate of drug-likeness (QED) is 0.839. The number of benzene rings is 2. The zero-order valence-corrected chi connectivity index (χ0v) is 12.0. The third-order valence-electron chi connectivity index (χ3n) is 2.98. The van der Waals surface area contributed by atoms with Gasteiger partial charge < -0.3 is 5.32 Å². The van der Waals surface area contributed by atoms with Gasteiger partial charge in [-0.25, -0.2) is 4.39 Å². The van der Waals surface area contributed by atoms with Gasteiger partial charge in [-0.2, -0.15) is 0 Å². The van der Waals surface area contributed by atoms with E-state index in [0.717, 1.165) is 5.56 Å². The van der Waals surface area contributed by atoms with Gasteiger partial charge in [0.25, 0.3) is 0 Å². The highest BCUT2D eigenvalue weighted by molar-refractivity contribution is 6.30. The van der Waals surface area contributed by atoms with Crippen LogP contribution in [0.2, 0.25) is 10.0 Å². The van der Waals surface area contributed by atoms with E-state index in [0.29, 0.717) is 22.2 Å². The van der Waals surface area contributed by atoms with Crippen molar-refractivity contribution in [2.75, 3.05) is 0 Å². The molecule has 100 valence electrons. The van der Waals surface area contributed by atoms with Crippen LogP contribution in [0.5, 0.6) is 0 Å². The molecule has 2 aromatic carbocycles. The Balaban J connectivity index is 2.02. The van der Waals surface area contributed by atoms with Gasteiger partial charge in [0.1, 0.15) is 5.82 Å². The summed E-state index contributed by atoms with van der Waals surface area (Å²) in [5, 5.41) is 4.51. The average Bonchev–Trinajstić information content (AvgIpc) is 2.40. The fourth-order valence-corrected chi connectivity index (χ4v) is 2.13. The maximum Gasteiger partial charge on any atom is 0.127 e. The van der Waals surface area contributed by atoms with Crippen LogP contribution in [-0.4, -0.2) is 0 Å². The van der Waals surface area contributed by atoms with Gasteiger partial charge in [-0.1, -0.05) is 35.3 Å². The molecule has 0 amide bonds. The molecule has 19 heavy (non-hydrogen) atoms. The van der Waals surface area contributed by atoms with Gasteiger partial charge in [-0.05, 0) is 42.8 Å². The lowest BCUT2D eigenvalue weighted by molar-refractivity contribution is 0.544. The molecule has 0 heterocycles. The zero-order valence-electron chi connectivity index (χ0n) is 10.5. The molecule has 0 aliphatic carbocycles. The summed E-state index contributed by atoms with van der Waals surface area (Å²) in [5.41, 5.74) is 1.67. The van der Waals surface area contributed by atoms with E-state index in [2.05, 4.69) is 5.32 Å². The van der Waals surface area contributed by atoms with E-state index < -0.39 is 0 Å². The number of nitrogens with one attached hydrogen (secondary N) is 1. The van der Waals surface area contributed by atoms with Crippen LogP contribution < -0.4 is 5.32 Å². The molecule has 0 aromatic heterocycles. The standard InChI is InChI=1S/C15H14Cl2FN/c1-10(11-2-4-13(16)5-3-11)19-9-12-8-14(17)6-7-15(12)18/h2-8,10,19H,9H2,1H3. The minimum atomic E-state index is -0.250. The summed E-state index contributed by atoms with van der Waals surface area (Å²) < 4.78 is 13.6. The molecule has 4 heteroatoms. The number of hydrogen-bond donors (Lipinski definition) is 1. The van der Waals surface area contributed by atoms with Crippen LogP contribution in [0, 0.1) is 5.82 Å². The number of hydrogen-bond acceptors (Lipinski definition) is 1. The Hall–Kier alpha value is -1.09. The Morgan fingerprint density at radius 3 is 2.37 bits per heavy atom. The first-order valence-electron chi connectivity index (χ1n) is 5.99. The van der Waals surface area contributed by atoms with Crippen LogP contribution in [0.25, 0.3) is 0 Å². The predicted octanol–water partition coefficient (Wildman–Crippen LogP) is 4.98. The minimum absolute atomic E-state index is 0.107. The molecule has 2 rings (SSSR count). The maximum absolute atomic E-state index is 13.6. The molecule has 0 saturated heterocycles. The average molecular weight is 298 g/mol. The van der Waals surface area contributed by atoms with E-state index in [9.17, 15) is 4.39 Å². The first kappa shape index (κ1) is 14.3. The molecule has 0 bridgehead atoms. The Morgan fingerprint density at radius 1 is 1.05 bits per heavy atom. The largest absolute Gasteiger partial charge is 0.306 e. The summed E-state index contributed by atoms with van der Waals surface area (Å²) in [5.74, 6) is -0.250. The molecule has 0 radical (unpaired) electrons. The lowest BCUT2D eigenvalue weighted by atomic mass is 10.1. The van der Waals surface area contributed by atoms with Gasteiger partial charge >= 0.3 is 0 Å². The second-order valence-electron chi connectivity index (χ2n) is 4.39. The van der Waals surface area contributed by atoms with Gasteiger partial charge in [0, 0.05) is 28.2 Å². The fourth-order valence-electron chi connectivity index (χ4n) is 1.81. The Bertz CT molecular complexity index is 555. The van der Waals surface area contributed by atoms with Crippen molar-refractivity contribution in [3.63, 3.8) is 0 Å². The summed E-state index contributed by atoms with van der Waals surface area (Å²) in [4.78, 5) is 0. The molecular formula is C15H14Cl2FN. The highest BCUT2D eigenvalue weighted by atomic mass is 35.5. The summed E-state index contributed by atoms with van der Waals surface area (Å²) >= 11 is 11.7. The van der Waals surface area contributed by atoms with Crippen molar-refractivity contribution in [3.8, 4) is 0 Å². The minimum Gasteiger partial charge on any atom is -0.306 e. The van der Waals surface area contributed by atoms with Crippen molar-refractivity contribution in [3.05, 3.63) is 69.5 Å². The van der Waals surface area contributed by atoms with Crippen LogP contribution in [-0.2, 0) is 6.54 Å². The topological polar surface area (TPSA) is 12.0 Å². The van der Waals surface area contributed by atoms with E-state index >= 15 is 0 Å². The monoisotopic (exact) mass is 297 g/mol. The molecule has 0 aliphatic rings. The van der Waals surface area contributed by atoms with Gasteiger partial charge in [0.05, 0.1) is 0 Å².